The molecule has 1 unspecified atom stereocenters. The zero-order valence-electron chi connectivity index (χ0n) is 13.0. The Kier molecular flexibility index (Phi) is 5.67. The summed E-state index contributed by atoms with van der Waals surface area (Å²) < 4.78 is 0. The number of phenols is 1. The van der Waals surface area contributed by atoms with Crippen molar-refractivity contribution >= 4 is 17.6 Å². The van der Waals surface area contributed by atoms with Crippen molar-refractivity contribution in [2.75, 3.05) is 32.7 Å². The molecule has 22 heavy (non-hydrogen) atoms. The molecule has 0 aliphatic carbocycles. The Morgan fingerprint density at radius 1 is 1.27 bits per heavy atom. The number of carbonyl (C=O) groups is 1. The molecule has 0 aromatic heterocycles. The first kappa shape index (κ1) is 17.1. The van der Waals surface area contributed by atoms with Gasteiger partial charge in [-0.25, -0.2) is 0 Å². The van der Waals surface area contributed by atoms with Crippen LogP contribution in [-0.4, -0.2) is 58.7 Å². The average molecular weight is 327 g/mol. The summed E-state index contributed by atoms with van der Waals surface area (Å²) in [4.78, 5) is 16.0. The molecule has 1 saturated heterocycles. The molecule has 0 radical (unpaired) electrons. The molecule has 1 atom stereocenters. The fourth-order valence-electron chi connectivity index (χ4n) is 2.92. The maximum absolute atomic E-state index is 11.7. The predicted molar refractivity (Wildman–Crippen MR) is 86.3 cm³/mol. The van der Waals surface area contributed by atoms with Gasteiger partial charge in [0.25, 0.3) is 0 Å². The topological polar surface area (TPSA) is 64.0 Å². The van der Waals surface area contributed by atoms with E-state index in [9.17, 15) is 15.0 Å². The number of carboxylic acids is 1. The highest BCUT2D eigenvalue weighted by Gasteiger charge is 2.30. The first-order valence-electron chi connectivity index (χ1n) is 7.56. The first-order valence-corrected chi connectivity index (χ1v) is 7.94. The lowest BCUT2D eigenvalue weighted by atomic mass is 10.0. The van der Waals surface area contributed by atoms with Gasteiger partial charge in [0.2, 0.25) is 0 Å². The molecule has 1 fully saturated rings. The van der Waals surface area contributed by atoms with E-state index in [1.807, 2.05) is 4.90 Å². The van der Waals surface area contributed by atoms with Gasteiger partial charge < -0.3 is 15.1 Å². The van der Waals surface area contributed by atoms with Crippen LogP contribution in [0.5, 0.6) is 5.75 Å². The molecule has 2 rings (SSSR count). The average Bonchev–Trinajstić information content (AvgIpc) is 2.44. The standard InChI is InChI=1S/C16H23ClN2O3/c1-11(2)10-18-5-7-19(8-6-18)15(16(21)22)12-3-4-14(20)13(17)9-12/h3-4,9,11,15,20H,5-8,10H2,1-2H3,(H,21,22). The molecular weight excluding hydrogens is 304 g/mol. The largest absolute Gasteiger partial charge is 0.506 e. The normalized spacial score (nSPS) is 18.5. The highest BCUT2D eigenvalue weighted by Crippen LogP contribution is 2.30. The van der Waals surface area contributed by atoms with Gasteiger partial charge in [0, 0.05) is 32.7 Å². The van der Waals surface area contributed by atoms with Gasteiger partial charge in [-0.2, -0.15) is 0 Å². The lowest BCUT2D eigenvalue weighted by Gasteiger charge is -2.38. The zero-order chi connectivity index (χ0) is 16.3. The van der Waals surface area contributed by atoms with E-state index in [-0.39, 0.29) is 10.8 Å². The summed E-state index contributed by atoms with van der Waals surface area (Å²) in [6.45, 7) is 8.57. The number of halogens is 1. The van der Waals surface area contributed by atoms with Gasteiger partial charge in [-0.05, 0) is 23.6 Å². The van der Waals surface area contributed by atoms with E-state index in [1.165, 1.54) is 12.1 Å². The SMILES string of the molecule is CC(C)CN1CCN(C(C(=O)O)c2ccc(O)c(Cl)c2)CC1. The van der Waals surface area contributed by atoms with Crippen molar-refractivity contribution in [3.63, 3.8) is 0 Å². The number of nitrogens with zero attached hydrogens (tertiary/aromatic N) is 2. The fourth-order valence-corrected chi connectivity index (χ4v) is 3.11. The number of hydrogen-bond donors (Lipinski definition) is 2. The van der Waals surface area contributed by atoms with Crippen molar-refractivity contribution in [2.24, 2.45) is 5.92 Å². The molecule has 0 amide bonds. The second-order valence-electron chi connectivity index (χ2n) is 6.18. The fraction of sp³-hybridized carbons (Fsp3) is 0.562. The lowest BCUT2D eigenvalue weighted by Crippen LogP contribution is -2.49. The predicted octanol–water partition coefficient (Wildman–Crippen LogP) is 2.44. The van der Waals surface area contributed by atoms with E-state index in [2.05, 4.69) is 18.7 Å². The second kappa shape index (κ2) is 7.31. The number of hydrogen-bond acceptors (Lipinski definition) is 4. The number of rotatable bonds is 5. The third-order valence-corrected chi connectivity index (χ3v) is 4.22. The van der Waals surface area contributed by atoms with Crippen LogP contribution in [0.25, 0.3) is 0 Å². The number of carboxylic acid groups (broad SMARTS) is 1. The summed E-state index contributed by atoms with van der Waals surface area (Å²) in [5.74, 6) is -0.312. The second-order valence-corrected chi connectivity index (χ2v) is 6.59. The number of piperazine rings is 1. The summed E-state index contributed by atoms with van der Waals surface area (Å²) in [6, 6.07) is 3.89. The minimum Gasteiger partial charge on any atom is -0.506 e. The highest BCUT2D eigenvalue weighted by atomic mass is 35.5. The van der Waals surface area contributed by atoms with E-state index < -0.39 is 12.0 Å². The summed E-state index contributed by atoms with van der Waals surface area (Å²) in [6.07, 6.45) is 0. The number of aromatic hydroxyl groups is 1. The van der Waals surface area contributed by atoms with Crippen LogP contribution in [0.4, 0.5) is 0 Å². The van der Waals surface area contributed by atoms with Gasteiger partial charge in [0.1, 0.15) is 11.8 Å². The molecule has 5 nitrogen and oxygen atoms in total. The Morgan fingerprint density at radius 2 is 1.91 bits per heavy atom. The third kappa shape index (κ3) is 4.12. The maximum Gasteiger partial charge on any atom is 0.325 e. The molecule has 1 aliphatic heterocycles. The van der Waals surface area contributed by atoms with Gasteiger partial charge in [0.15, 0.2) is 0 Å². The molecule has 6 heteroatoms. The van der Waals surface area contributed by atoms with E-state index >= 15 is 0 Å². The molecule has 0 spiro atoms. The quantitative estimate of drug-likeness (QED) is 0.870. The smallest absolute Gasteiger partial charge is 0.325 e. The van der Waals surface area contributed by atoms with E-state index in [1.54, 1.807) is 6.07 Å². The molecule has 1 heterocycles. The molecule has 2 N–H and O–H groups in total. The van der Waals surface area contributed by atoms with Crippen LogP contribution >= 0.6 is 11.6 Å². The van der Waals surface area contributed by atoms with Crippen molar-refractivity contribution in [3.8, 4) is 5.75 Å². The molecule has 1 aliphatic rings. The minimum absolute atomic E-state index is 0.0312. The number of phenolic OH excluding ortho intramolecular Hbond substituents is 1. The summed E-state index contributed by atoms with van der Waals surface area (Å²) in [5.41, 5.74) is 0.604. The van der Waals surface area contributed by atoms with E-state index in [0.717, 1.165) is 19.6 Å². The number of aliphatic carboxylic acids is 1. The Balaban J connectivity index is 2.10. The molecule has 1 aromatic rings. The van der Waals surface area contributed by atoms with Crippen molar-refractivity contribution in [3.05, 3.63) is 28.8 Å². The monoisotopic (exact) mass is 326 g/mol. The minimum atomic E-state index is -0.890. The van der Waals surface area contributed by atoms with Crippen molar-refractivity contribution in [1.29, 1.82) is 0 Å². The van der Waals surface area contributed by atoms with Gasteiger partial charge in [-0.15, -0.1) is 0 Å². The molecule has 0 bridgehead atoms. The molecular formula is C16H23ClN2O3. The highest BCUT2D eigenvalue weighted by molar-refractivity contribution is 6.32. The Bertz CT molecular complexity index is 528. The lowest BCUT2D eigenvalue weighted by molar-refractivity contribution is -0.144. The maximum atomic E-state index is 11.7. The van der Waals surface area contributed by atoms with Crippen molar-refractivity contribution in [2.45, 2.75) is 19.9 Å². The summed E-state index contributed by atoms with van der Waals surface area (Å²) in [5, 5.41) is 19.3. The van der Waals surface area contributed by atoms with Gasteiger partial charge in [-0.1, -0.05) is 31.5 Å². The van der Waals surface area contributed by atoms with Gasteiger partial charge in [0.05, 0.1) is 5.02 Å². The summed E-state index contributed by atoms with van der Waals surface area (Å²) >= 11 is 5.91. The van der Waals surface area contributed by atoms with Crippen LogP contribution in [0.3, 0.4) is 0 Å². The Labute approximate surface area is 136 Å². The Hall–Kier alpha value is -1.30. The van der Waals surface area contributed by atoms with Crippen molar-refractivity contribution in [1.82, 2.24) is 9.80 Å². The van der Waals surface area contributed by atoms with Crippen LogP contribution in [0.2, 0.25) is 5.02 Å². The molecule has 1 aromatic carbocycles. The Morgan fingerprint density at radius 3 is 2.41 bits per heavy atom. The van der Waals surface area contributed by atoms with Crippen LogP contribution in [-0.2, 0) is 4.79 Å². The molecule has 0 saturated carbocycles. The number of benzene rings is 1. The van der Waals surface area contributed by atoms with Crippen LogP contribution in [0.15, 0.2) is 18.2 Å². The first-order chi connectivity index (χ1) is 10.4. The van der Waals surface area contributed by atoms with Crippen molar-refractivity contribution < 1.29 is 15.0 Å². The van der Waals surface area contributed by atoms with E-state index in [4.69, 9.17) is 11.6 Å². The van der Waals surface area contributed by atoms with E-state index in [0.29, 0.717) is 24.6 Å². The third-order valence-electron chi connectivity index (χ3n) is 3.92. The van der Waals surface area contributed by atoms with Gasteiger partial charge >= 0.3 is 5.97 Å². The molecule has 122 valence electrons. The van der Waals surface area contributed by atoms with Crippen LogP contribution < -0.4 is 0 Å². The van der Waals surface area contributed by atoms with Gasteiger partial charge in [-0.3, -0.25) is 9.69 Å². The van der Waals surface area contributed by atoms with Crippen LogP contribution in [0, 0.1) is 5.92 Å². The van der Waals surface area contributed by atoms with Crippen LogP contribution in [0.1, 0.15) is 25.5 Å². The summed E-state index contributed by atoms with van der Waals surface area (Å²) in [7, 11) is 0. The zero-order valence-corrected chi connectivity index (χ0v) is 13.8.